The second-order valence-corrected chi connectivity index (χ2v) is 4.66. The minimum Gasteiger partial charge on any atom is -0.378 e. The Morgan fingerprint density at radius 1 is 1.25 bits per heavy atom. The molecule has 0 aliphatic carbocycles. The highest BCUT2D eigenvalue weighted by Crippen LogP contribution is 2.21. The van der Waals surface area contributed by atoms with Crippen molar-refractivity contribution >= 4 is 27.1 Å². The predicted octanol–water partition coefficient (Wildman–Crippen LogP) is 1.93. The molecule has 3 rings (SSSR count). The lowest BCUT2D eigenvalue weighted by Gasteiger charge is -2.28. The van der Waals surface area contributed by atoms with E-state index in [0.717, 1.165) is 36.3 Å². The number of ether oxygens (including phenoxy) is 1. The largest absolute Gasteiger partial charge is 0.378 e. The average molecular weight is 282 g/mol. The number of hydrogen-bond donors (Lipinski definition) is 0. The highest BCUT2D eigenvalue weighted by atomic mass is 79.9. The Kier molecular flexibility index (Phi) is 2.57. The van der Waals surface area contributed by atoms with Gasteiger partial charge in [-0.3, -0.25) is 0 Å². The molecule has 84 valence electrons. The number of nitrogens with zero attached hydrogens (tertiary/aromatic N) is 3. The van der Waals surface area contributed by atoms with E-state index in [9.17, 15) is 0 Å². The first-order chi connectivity index (χ1) is 7.84. The second-order valence-electron chi connectivity index (χ2n) is 3.81. The molecule has 0 atom stereocenters. The van der Waals surface area contributed by atoms with E-state index in [-0.39, 0.29) is 0 Å². The molecule has 0 aromatic carbocycles. The Morgan fingerprint density at radius 3 is 2.88 bits per heavy atom. The van der Waals surface area contributed by atoms with Gasteiger partial charge < -0.3 is 9.64 Å². The molecular weight excluding hydrogens is 270 g/mol. The summed E-state index contributed by atoms with van der Waals surface area (Å²) in [6, 6.07) is 4.22. The first kappa shape index (κ1) is 10.1. The van der Waals surface area contributed by atoms with Gasteiger partial charge in [0.05, 0.1) is 41.3 Å². The standard InChI is InChI=1S/C11H12BrN3O/c12-10-7-13-15-8-9(1-2-11(10)15)14-3-5-16-6-4-14/h1-2,7-8H,3-6H2. The molecule has 1 saturated heterocycles. The smallest absolute Gasteiger partial charge is 0.0805 e. The molecule has 0 saturated carbocycles. The maximum atomic E-state index is 5.34. The molecule has 2 aromatic heterocycles. The van der Waals surface area contributed by atoms with Gasteiger partial charge in [-0.1, -0.05) is 0 Å². The topological polar surface area (TPSA) is 29.8 Å². The van der Waals surface area contributed by atoms with Gasteiger partial charge in [-0.25, -0.2) is 4.52 Å². The van der Waals surface area contributed by atoms with Gasteiger partial charge in [0.1, 0.15) is 0 Å². The number of rotatable bonds is 1. The molecule has 2 aromatic rings. The number of pyridine rings is 1. The Bertz CT molecular complexity index is 505. The number of hydrogen-bond acceptors (Lipinski definition) is 3. The minimum atomic E-state index is 0.806. The van der Waals surface area contributed by atoms with E-state index in [2.05, 4.69) is 44.3 Å². The van der Waals surface area contributed by atoms with Gasteiger partial charge >= 0.3 is 0 Å². The summed E-state index contributed by atoms with van der Waals surface area (Å²) in [4.78, 5) is 2.32. The van der Waals surface area contributed by atoms with Gasteiger partial charge in [0, 0.05) is 13.1 Å². The van der Waals surface area contributed by atoms with Crippen molar-refractivity contribution in [1.29, 1.82) is 0 Å². The van der Waals surface area contributed by atoms with Crippen LogP contribution in [0.25, 0.3) is 5.52 Å². The fraction of sp³-hybridized carbons (Fsp3) is 0.364. The number of fused-ring (bicyclic) bond motifs is 1. The molecule has 0 radical (unpaired) electrons. The molecule has 0 spiro atoms. The van der Waals surface area contributed by atoms with Gasteiger partial charge in [-0.2, -0.15) is 5.10 Å². The summed E-state index contributed by atoms with van der Waals surface area (Å²) >= 11 is 3.47. The van der Waals surface area contributed by atoms with Crippen molar-refractivity contribution in [3.8, 4) is 0 Å². The summed E-state index contributed by atoms with van der Waals surface area (Å²) in [5.74, 6) is 0. The lowest BCUT2D eigenvalue weighted by atomic mass is 10.3. The maximum Gasteiger partial charge on any atom is 0.0805 e. The molecule has 0 unspecified atom stereocenters. The Morgan fingerprint density at radius 2 is 2.06 bits per heavy atom. The monoisotopic (exact) mass is 281 g/mol. The van der Waals surface area contributed by atoms with Gasteiger partial charge in [-0.05, 0) is 28.1 Å². The third-order valence-corrected chi connectivity index (χ3v) is 3.44. The quantitative estimate of drug-likeness (QED) is 0.800. The average Bonchev–Trinajstić information content (AvgIpc) is 2.72. The zero-order valence-corrected chi connectivity index (χ0v) is 10.4. The first-order valence-electron chi connectivity index (χ1n) is 5.30. The fourth-order valence-corrected chi connectivity index (χ4v) is 2.36. The fourth-order valence-electron chi connectivity index (χ4n) is 1.95. The number of anilines is 1. The normalized spacial score (nSPS) is 16.9. The van der Waals surface area contributed by atoms with Crippen LogP contribution in [0.15, 0.2) is 29.0 Å². The second kappa shape index (κ2) is 4.07. The first-order valence-corrected chi connectivity index (χ1v) is 6.09. The van der Waals surface area contributed by atoms with Crippen LogP contribution in [0.1, 0.15) is 0 Å². The van der Waals surface area contributed by atoms with Gasteiger partial charge in [0.25, 0.3) is 0 Å². The van der Waals surface area contributed by atoms with E-state index >= 15 is 0 Å². The summed E-state index contributed by atoms with van der Waals surface area (Å²) in [5, 5.41) is 4.29. The lowest BCUT2D eigenvalue weighted by molar-refractivity contribution is 0.122. The highest BCUT2D eigenvalue weighted by molar-refractivity contribution is 9.10. The molecule has 5 heteroatoms. The minimum absolute atomic E-state index is 0.806. The van der Waals surface area contributed by atoms with E-state index in [4.69, 9.17) is 4.74 Å². The molecule has 0 bridgehead atoms. The SMILES string of the molecule is Brc1cnn2cc(N3CCOCC3)ccc12. The van der Waals surface area contributed by atoms with Crippen LogP contribution >= 0.6 is 15.9 Å². The van der Waals surface area contributed by atoms with Crippen molar-refractivity contribution < 1.29 is 4.74 Å². The molecule has 1 aliphatic rings. The van der Waals surface area contributed by atoms with Crippen LogP contribution in [-0.4, -0.2) is 35.9 Å². The molecule has 1 aliphatic heterocycles. The van der Waals surface area contributed by atoms with E-state index in [1.165, 1.54) is 5.69 Å². The number of halogens is 1. The van der Waals surface area contributed by atoms with E-state index in [0.29, 0.717) is 0 Å². The van der Waals surface area contributed by atoms with Crippen LogP contribution in [0.5, 0.6) is 0 Å². The molecule has 0 amide bonds. The Hall–Kier alpha value is -1.07. The molecular formula is C11H12BrN3O. The molecule has 16 heavy (non-hydrogen) atoms. The van der Waals surface area contributed by atoms with Gasteiger partial charge in [0.15, 0.2) is 0 Å². The van der Waals surface area contributed by atoms with Gasteiger partial charge in [0.2, 0.25) is 0 Å². The van der Waals surface area contributed by atoms with Crippen molar-refractivity contribution in [3.63, 3.8) is 0 Å². The molecule has 1 fully saturated rings. The predicted molar refractivity (Wildman–Crippen MR) is 65.9 cm³/mol. The van der Waals surface area contributed by atoms with Crippen molar-refractivity contribution in [2.75, 3.05) is 31.2 Å². The zero-order valence-electron chi connectivity index (χ0n) is 8.77. The van der Waals surface area contributed by atoms with Crippen LogP contribution in [0, 0.1) is 0 Å². The summed E-state index contributed by atoms with van der Waals surface area (Å²) in [5.41, 5.74) is 2.29. The number of morpholine rings is 1. The van der Waals surface area contributed by atoms with Crippen LogP contribution in [-0.2, 0) is 4.74 Å². The lowest BCUT2D eigenvalue weighted by Crippen LogP contribution is -2.36. The highest BCUT2D eigenvalue weighted by Gasteiger charge is 2.12. The summed E-state index contributed by atoms with van der Waals surface area (Å²) in [6.45, 7) is 3.52. The van der Waals surface area contributed by atoms with Crippen molar-refractivity contribution in [2.45, 2.75) is 0 Å². The third kappa shape index (κ3) is 1.70. The van der Waals surface area contributed by atoms with Crippen LogP contribution in [0.2, 0.25) is 0 Å². The molecule has 3 heterocycles. The molecule has 4 nitrogen and oxygen atoms in total. The maximum absolute atomic E-state index is 5.34. The molecule has 0 N–H and O–H groups in total. The van der Waals surface area contributed by atoms with Gasteiger partial charge in [-0.15, -0.1) is 0 Å². The summed E-state index contributed by atoms with van der Waals surface area (Å²) < 4.78 is 8.27. The van der Waals surface area contributed by atoms with Crippen LogP contribution < -0.4 is 4.90 Å². The van der Waals surface area contributed by atoms with E-state index < -0.39 is 0 Å². The van der Waals surface area contributed by atoms with E-state index in [1.54, 1.807) is 0 Å². The van der Waals surface area contributed by atoms with Crippen LogP contribution in [0.3, 0.4) is 0 Å². The van der Waals surface area contributed by atoms with Crippen LogP contribution in [0.4, 0.5) is 5.69 Å². The van der Waals surface area contributed by atoms with Crippen molar-refractivity contribution in [3.05, 3.63) is 29.0 Å². The van der Waals surface area contributed by atoms with Crippen molar-refractivity contribution in [2.24, 2.45) is 0 Å². The summed E-state index contributed by atoms with van der Waals surface area (Å²) in [7, 11) is 0. The van der Waals surface area contributed by atoms with Crippen molar-refractivity contribution in [1.82, 2.24) is 9.61 Å². The zero-order chi connectivity index (χ0) is 11.0. The number of aromatic nitrogens is 2. The third-order valence-electron chi connectivity index (χ3n) is 2.83. The summed E-state index contributed by atoms with van der Waals surface area (Å²) in [6.07, 6.45) is 3.88. The van der Waals surface area contributed by atoms with E-state index in [1.807, 2.05) is 10.7 Å². The Balaban J connectivity index is 1.97. The Labute approximate surface area is 102 Å².